The average Bonchev–Trinajstić information content (AvgIpc) is 2.60. The van der Waals surface area contributed by atoms with Gasteiger partial charge in [0.1, 0.15) is 5.75 Å². The van der Waals surface area contributed by atoms with Crippen LogP contribution in [0.1, 0.15) is 34.5 Å². The molecule has 0 aromatic heterocycles. The van der Waals surface area contributed by atoms with Gasteiger partial charge in [-0.1, -0.05) is 17.7 Å². The smallest absolute Gasteiger partial charge is 0.337 e. The second-order valence-electron chi connectivity index (χ2n) is 5.60. The molecular weight excluding hydrogens is 342 g/mol. The van der Waals surface area contributed by atoms with Gasteiger partial charge in [-0.15, -0.1) is 0 Å². The molecule has 0 aliphatic carbocycles. The number of nitrogens with one attached hydrogen (secondary N) is 1. The largest absolute Gasteiger partial charge is 0.496 e. The predicted octanol–water partition coefficient (Wildman–Crippen LogP) is 2.83. The molecule has 2 aromatic carbocycles. The van der Waals surface area contributed by atoms with E-state index in [2.05, 4.69) is 9.46 Å². The Labute approximate surface area is 147 Å². The SMILES string of the molecule is COC(=O)c1ccc(S(=O)(=O)N[C@@H](C)c2cc(C)ccc2OC)cc1. The Morgan fingerprint density at radius 3 is 2.28 bits per heavy atom. The van der Waals surface area contributed by atoms with E-state index < -0.39 is 22.0 Å². The van der Waals surface area contributed by atoms with Crippen LogP contribution in [0.4, 0.5) is 0 Å². The van der Waals surface area contributed by atoms with Crippen molar-refractivity contribution in [3.05, 3.63) is 59.2 Å². The average molecular weight is 363 g/mol. The van der Waals surface area contributed by atoms with E-state index in [4.69, 9.17) is 4.74 Å². The zero-order chi connectivity index (χ0) is 18.6. The molecule has 0 saturated carbocycles. The summed E-state index contributed by atoms with van der Waals surface area (Å²) in [6.45, 7) is 3.67. The van der Waals surface area contributed by atoms with E-state index in [1.165, 1.54) is 31.4 Å². The van der Waals surface area contributed by atoms with Crippen molar-refractivity contribution >= 4 is 16.0 Å². The van der Waals surface area contributed by atoms with Crippen LogP contribution in [-0.4, -0.2) is 28.6 Å². The molecule has 1 N–H and O–H groups in total. The number of hydrogen-bond donors (Lipinski definition) is 1. The van der Waals surface area contributed by atoms with Gasteiger partial charge >= 0.3 is 5.97 Å². The Bertz CT molecular complexity index is 860. The van der Waals surface area contributed by atoms with E-state index in [9.17, 15) is 13.2 Å². The summed E-state index contributed by atoms with van der Waals surface area (Å²) in [7, 11) is -0.940. The number of rotatable bonds is 6. The van der Waals surface area contributed by atoms with Crippen molar-refractivity contribution in [2.24, 2.45) is 0 Å². The molecule has 0 fully saturated rings. The van der Waals surface area contributed by atoms with Crippen LogP contribution in [0.3, 0.4) is 0 Å². The molecule has 134 valence electrons. The molecule has 7 heteroatoms. The van der Waals surface area contributed by atoms with Crippen molar-refractivity contribution in [2.75, 3.05) is 14.2 Å². The van der Waals surface area contributed by atoms with Crippen LogP contribution in [0.15, 0.2) is 47.4 Å². The van der Waals surface area contributed by atoms with E-state index in [-0.39, 0.29) is 10.5 Å². The maximum Gasteiger partial charge on any atom is 0.337 e. The molecular formula is C18H21NO5S. The standard InChI is InChI=1S/C18H21NO5S/c1-12-5-10-17(23-3)16(11-12)13(2)19-25(21,22)15-8-6-14(7-9-15)18(20)24-4/h5-11,13,19H,1-4H3/t13-/m0/s1. The van der Waals surface area contributed by atoms with E-state index in [0.29, 0.717) is 5.75 Å². The summed E-state index contributed by atoms with van der Waals surface area (Å²) < 4.78 is 37.7. The van der Waals surface area contributed by atoms with Gasteiger partial charge in [0.05, 0.1) is 24.7 Å². The summed E-state index contributed by atoms with van der Waals surface area (Å²) in [5.41, 5.74) is 2.04. The summed E-state index contributed by atoms with van der Waals surface area (Å²) >= 11 is 0. The number of aryl methyl sites for hydroxylation is 1. The van der Waals surface area contributed by atoms with Gasteiger partial charge in [0, 0.05) is 11.6 Å². The summed E-state index contributed by atoms with van der Waals surface area (Å²) in [6, 6.07) is 10.7. The molecule has 6 nitrogen and oxygen atoms in total. The van der Waals surface area contributed by atoms with Crippen molar-refractivity contribution in [3.8, 4) is 5.75 Å². The highest BCUT2D eigenvalue weighted by atomic mass is 32.2. The number of methoxy groups -OCH3 is 2. The minimum atomic E-state index is -3.75. The van der Waals surface area contributed by atoms with Gasteiger partial charge in [-0.2, -0.15) is 0 Å². The predicted molar refractivity (Wildman–Crippen MR) is 94.2 cm³/mol. The fourth-order valence-electron chi connectivity index (χ4n) is 2.44. The van der Waals surface area contributed by atoms with Crippen LogP contribution in [0.25, 0.3) is 0 Å². The van der Waals surface area contributed by atoms with E-state index in [1.807, 2.05) is 19.1 Å². The zero-order valence-corrected chi connectivity index (χ0v) is 15.4. The van der Waals surface area contributed by atoms with Gasteiger partial charge in [0.25, 0.3) is 0 Å². The van der Waals surface area contributed by atoms with Gasteiger partial charge in [-0.05, 0) is 44.2 Å². The quantitative estimate of drug-likeness (QED) is 0.798. The van der Waals surface area contributed by atoms with Gasteiger partial charge in [-0.25, -0.2) is 17.9 Å². The number of esters is 1. The first-order valence-electron chi connectivity index (χ1n) is 7.63. The first kappa shape index (κ1) is 19.0. The molecule has 0 heterocycles. The lowest BCUT2D eigenvalue weighted by molar-refractivity contribution is 0.0600. The van der Waals surface area contributed by atoms with Crippen molar-refractivity contribution < 1.29 is 22.7 Å². The second-order valence-corrected chi connectivity index (χ2v) is 7.32. The van der Waals surface area contributed by atoms with Crippen molar-refractivity contribution in [2.45, 2.75) is 24.8 Å². The highest BCUT2D eigenvalue weighted by Gasteiger charge is 2.21. The van der Waals surface area contributed by atoms with Crippen molar-refractivity contribution in [1.29, 1.82) is 0 Å². The molecule has 0 amide bonds. The highest BCUT2D eigenvalue weighted by molar-refractivity contribution is 7.89. The summed E-state index contributed by atoms with van der Waals surface area (Å²) in [5.74, 6) is 0.0941. The molecule has 0 aliphatic rings. The van der Waals surface area contributed by atoms with Crippen molar-refractivity contribution in [1.82, 2.24) is 4.72 Å². The second kappa shape index (κ2) is 7.67. The summed E-state index contributed by atoms with van der Waals surface area (Å²) in [6.07, 6.45) is 0. The molecule has 0 radical (unpaired) electrons. The van der Waals surface area contributed by atoms with E-state index in [0.717, 1.165) is 11.1 Å². The van der Waals surface area contributed by atoms with Gasteiger partial charge < -0.3 is 9.47 Å². The maximum atomic E-state index is 12.6. The third-order valence-electron chi connectivity index (χ3n) is 3.77. The number of carbonyl (C=O) groups is 1. The summed E-state index contributed by atoms with van der Waals surface area (Å²) in [5, 5.41) is 0. The van der Waals surface area contributed by atoms with Crippen LogP contribution < -0.4 is 9.46 Å². The number of carbonyl (C=O) groups excluding carboxylic acids is 1. The van der Waals surface area contributed by atoms with Crippen LogP contribution in [0, 0.1) is 6.92 Å². The van der Waals surface area contributed by atoms with Crippen molar-refractivity contribution in [3.63, 3.8) is 0 Å². The number of benzene rings is 2. The Kier molecular flexibility index (Phi) is 5.81. The lowest BCUT2D eigenvalue weighted by atomic mass is 10.1. The molecule has 0 saturated heterocycles. The number of ether oxygens (including phenoxy) is 2. The molecule has 0 bridgehead atoms. The van der Waals surface area contributed by atoms with Gasteiger partial charge in [0.2, 0.25) is 10.0 Å². The van der Waals surface area contributed by atoms with E-state index >= 15 is 0 Å². The third kappa shape index (κ3) is 4.37. The van der Waals surface area contributed by atoms with Crippen LogP contribution in [0.2, 0.25) is 0 Å². The number of sulfonamides is 1. The summed E-state index contributed by atoms with van der Waals surface area (Å²) in [4.78, 5) is 11.5. The van der Waals surface area contributed by atoms with E-state index in [1.54, 1.807) is 20.1 Å². The fraction of sp³-hybridized carbons (Fsp3) is 0.278. The molecule has 2 rings (SSSR count). The van der Waals surface area contributed by atoms with Crippen LogP contribution in [0.5, 0.6) is 5.75 Å². The molecule has 0 spiro atoms. The first-order valence-corrected chi connectivity index (χ1v) is 9.12. The highest BCUT2D eigenvalue weighted by Crippen LogP contribution is 2.27. The first-order chi connectivity index (χ1) is 11.8. The lowest BCUT2D eigenvalue weighted by Crippen LogP contribution is -2.27. The fourth-order valence-corrected chi connectivity index (χ4v) is 3.67. The van der Waals surface area contributed by atoms with Crippen LogP contribution in [-0.2, 0) is 14.8 Å². The Hall–Kier alpha value is -2.38. The molecule has 0 aliphatic heterocycles. The molecule has 25 heavy (non-hydrogen) atoms. The maximum absolute atomic E-state index is 12.6. The third-order valence-corrected chi connectivity index (χ3v) is 5.33. The normalized spacial score (nSPS) is 12.5. The molecule has 1 atom stereocenters. The minimum absolute atomic E-state index is 0.0682. The van der Waals surface area contributed by atoms with Gasteiger partial charge in [0.15, 0.2) is 0 Å². The zero-order valence-electron chi connectivity index (χ0n) is 14.6. The Morgan fingerprint density at radius 2 is 1.72 bits per heavy atom. The van der Waals surface area contributed by atoms with Crippen LogP contribution >= 0.6 is 0 Å². The lowest BCUT2D eigenvalue weighted by Gasteiger charge is -2.18. The van der Waals surface area contributed by atoms with Gasteiger partial charge in [-0.3, -0.25) is 0 Å². The Balaban J connectivity index is 2.26. The topological polar surface area (TPSA) is 81.7 Å². The molecule has 2 aromatic rings. The minimum Gasteiger partial charge on any atom is -0.496 e. The monoisotopic (exact) mass is 363 g/mol. The molecule has 0 unspecified atom stereocenters. The number of hydrogen-bond acceptors (Lipinski definition) is 5. The Morgan fingerprint density at radius 1 is 1.08 bits per heavy atom.